The Labute approximate surface area is 160 Å². The number of ether oxygens (including phenoxy) is 1. The minimum absolute atomic E-state index is 0.170. The fourth-order valence-electron chi connectivity index (χ4n) is 3.64. The molecule has 0 heterocycles. The van der Waals surface area contributed by atoms with Crippen molar-refractivity contribution in [2.24, 2.45) is 11.8 Å². The van der Waals surface area contributed by atoms with Crippen LogP contribution in [0.2, 0.25) is 0 Å². The van der Waals surface area contributed by atoms with Crippen LogP contribution >= 0.6 is 0 Å². The van der Waals surface area contributed by atoms with Crippen molar-refractivity contribution in [2.75, 3.05) is 6.61 Å². The Morgan fingerprint density at radius 2 is 1.92 bits per heavy atom. The van der Waals surface area contributed by atoms with E-state index >= 15 is 0 Å². The number of aliphatic hydroxyl groups is 1. The van der Waals surface area contributed by atoms with E-state index < -0.39 is 0 Å². The minimum atomic E-state index is -0.172. The Morgan fingerprint density at radius 1 is 1.19 bits per heavy atom. The zero-order valence-electron chi connectivity index (χ0n) is 17.0. The average molecular weight is 365 g/mol. The first kappa shape index (κ1) is 23.0. The Bertz CT molecular complexity index is 414. The summed E-state index contributed by atoms with van der Waals surface area (Å²) < 4.78 is 4.95. The summed E-state index contributed by atoms with van der Waals surface area (Å²) in [6.45, 7) is 4.21. The summed E-state index contributed by atoms with van der Waals surface area (Å²) in [5.74, 6) is 1.15. The molecule has 0 spiro atoms. The smallest absolute Gasteiger partial charge is 0.302 e. The molecule has 0 saturated heterocycles. The first-order chi connectivity index (χ1) is 12.6. The SMILES string of the molecule is CCCCC(O)C/C=C/[C@H]1C=CC[C@@H]1CCCCCCCCOC(C)=O. The van der Waals surface area contributed by atoms with E-state index in [1.165, 1.54) is 45.4 Å². The summed E-state index contributed by atoms with van der Waals surface area (Å²) in [7, 11) is 0. The monoisotopic (exact) mass is 364 g/mol. The molecule has 1 rings (SSSR count). The van der Waals surface area contributed by atoms with Gasteiger partial charge in [0, 0.05) is 6.92 Å². The van der Waals surface area contributed by atoms with Gasteiger partial charge in [-0.15, -0.1) is 0 Å². The van der Waals surface area contributed by atoms with Crippen molar-refractivity contribution in [1.82, 2.24) is 0 Å². The number of hydrogen-bond donors (Lipinski definition) is 1. The number of rotatable bonds is 15. The van der Waals surface area contributed by atoms with Gasteiger partial charge < -0.3 is 9.84 Å². The van der Waals surface area contributed by atoms with Crippen LogP contribution in [0.4, 0.5) is 0 Å². The molecule has 0 aromatic carbocycles. The van der Waals surface area contributed by atoms with Crippen LogP contribution in [0.1, 0.15) is 90.9 Å². The second kappa shape index (κ2) is 15.0. The van der Waals surface area contributed by atoms with E-state index in [4.69, 9.17) is 4.74 Å². The van der Waals surface area contributed by atoms with E-state index in [1.54, 1.807) is 0 Å². The van der Waals surface area contributed by atoms with Crippen molar-refractivity contribution < 1.29 is 14.6 Å². The summed E-state index contributed by atoms with van der Waals surface area (Å²) in [5, 5.41) is 9.93. The first-order valence-electron chi connectivity index (χ1n) is 10.8. The standard InChI is InChI=1S/C23H40O3/c1-3-4-17-23(25)18-12-16-22-15-11-14-21(22)13-9-7-5-6-8-10-19-26-20(2)24/h11-12,15-16,21-23,25H,3-10,13-14,17-19H2,1-2H3/b16-12+/t21-,22+,23?/m0/s1. The van der Waals surface area contributed by atoms with Gasteiger partial charge in [0.1, 0.15) is 0 Å². The second-order valence-corrected chi connectivity index (χ2v) is 7.71. The Morgan fingerprint density at radius 3 is 2.65 bits per heavy atom. The summed E-state index contributed by atoms with van der Waals surface area (Å²) in [6, 6.07) is 0. The highest BCUT2D eigenvalue weighted by atomic mass is 16.5. The number of carbonyl (C=O) groups excluding carboxylic acids is 1. The molecule has 0 aromatic rings. The molecule has 3 atom stereocenters. The van der Waals surface area contributed by atoms with Gasteiger partial charge in [-0.25, -0.2) is 0 Å². The van der Waals surface area contributed by atoms with Gasteiger partial charge in [0.15, 0.2) is 0 Å². The average Bonchev–Trinajstić information content (AvgIpc) is 3.05. The zero-order valence-corrected chi connectivity index (χ0v) is 17.0. The maximum atomic E-state index is 10.7. The third-order valence-corrected chi connectivity index (χ3v) is 5.27. The van der Waals surface area contributed by atoms with Crippen LogP contribution in [-0.2, 0) is 9.53 Å². The molecule has 1 aliphatic rings. The molecule has 1 aliphatic carbocycles. The predicted octanol–water partition coefficient (Wildman–Crippen LogP) is 5.97. The molecule has 0 aliphatic heterocycles. The first-order valence-corrected chi connectivity index (χ1v) is 10.8. The number of hydrogen-bond acceptors (Lipinski definition) is 3. The summed E-state index contributed by atoms with van der Waals surface area (Å²) in [6.07, 6.45) is 22.8. The maximum Gasteiger partial charge on any atom is 0.302 e. The lowest BCUT2D eigenvalue weighted by Gasteiger charge is -2.16. The highest BCUT2D eigenvalue weighted by Crippen LogP contribution is 2.31. The Hall–Kier alpha value is -1.09. The lowest BCUT2D eigenvalue weighted by molar-refractivity contribution is -0.141. The summed E-state index contributed by atoms with van der Waals surface area (Å²) >= 11 is 0. The predicted molar refractivity (Wildman–Crippen MR) is 109 cm³/mol. The van der Waals surface area contributed by atoms with Crippen LogP contribution in [0.3, 0.4) is 0 Å². The van der Waals surface area contributed by atoms with Gasteiger partial charge in [-0.2, -0.15) is 0 Å². The molecular weight excluding hydrogens is 324 g/mol. The molecule has 0 saturated carbocycles. The van der Waals surface area contributed by atoms with Gasteiger partial charge in [-0.3, -0.25) is 4.79 Å². The fraction of sp³-hybridized carbons (Fsp3) is 0.783. The van der Waals surface area contributed by atoms with Crippen LogP contribution in [-0.4, -0.2) is 23.8 Å². The van der Waals surface area contributed by atoms with E-state index in [2.05, 4.69) is 31.2 Å². The quantitative estimate of drug-likeness (QED) is 0.221. The highest BCUT2D eigenvalue weighted by molar-refractivity contribution is 5.65. The second-order valence-electron chi connectivity index (χ2n) is 7.71. The van der Waals surface area contributed by atoms with E-state index in [1.807, 2.05) is 0 Å². The molecule has 0 amide bonds. The van der Waals surface area contributed by atoms with Crippen molar-refractivity contribution in [3.8, 4) is 0 Å². The van der Waals surface area contributed by atoms with Crippen molar-refractivity contribution in [1.29, 1.82) is 0 Å². The van der Waals surface area contributed by atoms with Gasteiger partial charge in [-0.05, 0) is 43.9 Å². The molecule has 0 radical (unpaired) electrons. The van der Waals surface area contributed by atoms with Crippen LogP contribution < -0.4 is 0 Å². The molecule has 3 nitrogen and oxygen atoms in total. The third kappa shape index (κ3) is 11.5. The molecule has 150 valence electrons. The van der Waals surface area contributed by atoms with E-state index in [0.29, 0.717) is 12.5 Å². The van der Waals surface area contributed by atoms with Gasteiger partial charge >= 0.3 is 5.97 Å². The number of allylic oxidation sites excluding steroid dienone is 3. The Kier molecular flexibility index (Phi) is 13.3. The van der Waals surface area contributed by atoms with Gasteiger partial charge in [0.05, 0.1) is 12.7 Å². The van der Waals surface area contributed by atoms with Gasteiger partial charge in [0.2, 0.25) is 0 Å². The lowest BCUT2D eigenvalue weighted by Crippen LogP contribution is -2.07. The molecule has 0 bridgehead atoms. The van der Waals surface area contributed by atoms with Gasteiger partial charge in [-0.1, -0.05) is 76.2 Å². The highest BCUT2D eigenvalue weighted by Gasteiger charge is 2.19. The topological polar surface area (TPSA) is 46.5 Å². The molecular formula is C23H40O3. The van der Waals surface area contributed by atoms with Gasteiger partial charge in [0.25, 0.3) is 0 Å². The van der Waals surface area contributed by atoms with Crippen LogP contribution in [0.5, 0.6) is 0 Å². The summed E-state index contributed by atoms with van der Waals surface area (Å²) in [4.78, 5) is 10.7. The van der Waals surface area contributed by atoms with Crippen LogP contribution in [0, 0.1) is 11.8 Å². The summed E-state index contributed by atoms with van der Waals surface area (Å²) in [5.41, 5.74) is 0. The van der Waals surface area contributed by atoms with Crippen molar-refractivity contribution in [2.45, 2.75) is 97.0 Å². The van der Waals surface area contributed by atoms with E-state index in [0.717, 1.165) is 44.4 Å². The number of aliphatic hydroxyl groups excluding tert-OH is 1. The van der Waals surface area contributed by atoms with Crippen LogP contribution in [0.15, 0.2) is 24.3 Å². The Balaban J connectivity index is 2.05. The maximum absolute atomic E-state index is 10.7. The number of esters is 1. The molecule has 1 unspecified atom stereocenters. The van der Waals surface area contributed by atoms with Crippen molar-refractivity contribution >= 4 is 5.97 Å². The molecule has 26 heavy (non-hydrogen) atoms. The molecule has 3 heteroatoms. The van der Waals surface area contributed by atoms with Crippen LogP contribution in [0.25, 0.3) is 0 Å². The largest absolute Gasteiger partial charge is 0.466 e. The fourth-order valence-corrected chi connectivity index (χ4v) is 3.64. The molecule has 0 fully saturated rings. The zero-order chi connectivity index (χ0) is 19.0. The minimum Gasteiger partial charge on any atom is -0.466 e. The van der Waals surface area contributed by atoms with Crippen molar-refractivity contribution in [3.05, 3.63) is 24.3 Å². The molecule has 1 N–H and O–H groups in total. The molecule has 0 aromatic heterocycles. The number of unbranched alkanes of at least 4 members (excludes halogenated alkanes) is 6. The van der Waals surface area contributed by atoms with Crippen molar-refractivity contribution in [3.63, 3.8) is 0 Å². The lowest BCUT2D eigenvalue weighted by atomic mass is 9.89. The third-order valence-electron chi connectivity index (χ3n) is 5.27. The van der Waals surface area contributed by atoms with E-state index in [9.17, 15) is 9.90 Å². The van der Waals surface area contributed by atoms with E-state index in [-0.39, 0.29) is 12.1 Å². The number of carbonyl (C=O) groups is 1. The normalized spacial score (nSPS) is 20.7.